The number of aromatic nitrogens is 2. The number of carbonyl (C=O) groups is 2. The van der Waals surface area contributed by atoms with Gasteiger partial charge in [-0.15, -0.1) is 0 Å². The SMILES string of the molecule is CCCN(CC(=O)Nc1cc(C(C)(C)C)nn1C(C)(C)C)C(=O)Nc1ccc(C)cc1C. The van der Waals surface area contributed by atoms with E-state index in [-0.39, 0.29) is 29.4 Å². The molecule has 0 saturated heterocycles. The zero-order valence-electron chi connectivity index (χ0n) is 21.1. The summed E-state index contributed by atoms with van der Waals surface area (Å²) >= 11 is 0. The Morgan fingerprint density at radius 3 is 2.22 bits per heavy atom. The predicted molar refractivity (Wildman–Crippen MR) is 131 cm³/mol. The lowest BCUT2D eigenvalue weighted by atomic mass is 9.92. The highest BCUT2D eigenvalue weighted by molar-refractivity contribution is 5.97. The molecule has 7 nitrogen and oxygen atoms in total. The van der Waals surface area contributed by atoms with Gasteiger partial charge in [-0.3, -0.25) is 4.79 Å². The van der Waals surface area contributed by atoms with E-state index in [2.05, 4.69) is 31.4 Å². The van der Waals surface area contributed by atoms with E-state index in [0.717, 1.165) is 28.9 Å². The maximum atomic E-state index is 12.9. The third kappa shape index (κ3) is 6.58. The topological polar surface area (TPSA) is 79.3 Å². The Labute approximate surface area is 192 Å². The third-order valence-corrected chi connectivity index (χ3v) is 5.12. The van der Waals surface area contributed by atoms with Gasteiger partial charge in [-0.25, -0.2) is 9.48 Å². The Bertz CT molecular complexity index is 964. The van der Waals surface area contributed by atoms with Crippen LogP contribution in [0, 0.1) is 13.8 Å². The fraction of sp³-hybridized carbons (Fsp3) is 0.560. The Morgan fingerprint density at radius 2 is 1.69 bits per heavy atom. The van der Waals surface area contributed by atoms with Gasteiger partial charge in [0.15, 0.2) is 0 Å². The number of amides is 3. The first kappa shape index (κ1) is 25.4. The average Bonchev–Trinajstić information content (AvgIpc) is 3.08. The van der Waals surface area contributed by atoms with E-state index in [1.807, 2.05) is 70.5 Å². The van der Waals surface area contributed by atoms with Gasteiger partial charge in [0.2, 0.25) is 5.91 Å². The number of nitrogens with zero attached hydrogens (tertiary/aromatic N) is 3. The lowest BCUT2D eigenvalue weighted by Gasteiger charge is -2.25. The molecule has 3 amide bonds. The fourth-order valence-corrected chi connectivity index (χ4v) is 3.37. The lowest BCUT2D eigenvalue weighted by Crippen LogP contribution is -2.41. The Hall–Kier alpha value is -2.83. The van der Waals surface area contributed by atoms with Crippen LogP contribution >= 0.6 is 0 Å². The molecule has 0 bridgehead atoms. The molecule has 2 rings (SSSR count). The van der Waals surface area contributed by atoms with Gasteiger partial charge in [-0.05, 0) is 52.7 Å². The summed E-state index contributed by atoms with van der Waals surface area (Å²) in [4.78, 5) is 27.4. The molecule has 0 aliphatic rings. The summed E-state index contributed by atoms with van der Waals surface area (Å²) in [6.07, 6.45) is 0.752. The molecule has 0 saturated carbocycles. The van der Waals surface area contributed by atoms with Crippen molar-refractivity contribution in [2.24, 2.45) is 0 Å². The Balaban J connectivity index is 2.18. The first-order valence-electron chi connectivity index (χ1n) is 11.3. The van der Waals surface area contributed by atoms with Gasteiger partial charge in [0, 0.05) is 23.7 Å². The Kier molecular flexibility index (Phi) is 7.75. The molecular formula is C25H39N5O2. The van der Waals surface area contributed by atoms with E-state index in [4.69, 9.17) is 5.10 Å². The largest absolute Gasteiger partial charge is 0.322 e. The molecule has 1 aromatic carbocycles. The van der Waals surface area contributed by atoms with Crippen molar-refractivity contribution in [3.8, 4) is 0 Å². The molecule has 0 aliphatic carbocycles. The van der Waals surface area contributed by atoms with Gasteiger partial charge >= 0.3 is 6.03 Å². The number of nitrogens with one attached hydrogen (secondary N) is 2. The molecule has 1 heterocycles. The number of hydrogen-bond donors (Lipinski definition) is 2. The maximum Gasteiger partial charge on any atom is 0.322 e. The average molecular weight is 442 g/mol. The van der Waals surface area contributed by atoms with Crippen molar-refractivity contribution in [3.05, 3.63) is 41.1 Å². The van der Waals surface area contributed by atoms with E-state index >= 15 is 0 Å². The van der Waals surface area contributed by atoms with Crippen LogP contribution in [0.2, 0.25) is 0 Å². The highest BCUT2D eigenvalue weighted by Crippen LogP contribution is 2.28. The molecule has 7 heteroatoms. The van der Waals surface area contributed by atoms with Crippen LogP contribution in [0.25, 0.3) is 0 Å². The smallest absolute Gasteiger partial charge is 0.315 e. The quantitative estimate of drug-likeness (QED) is 0.627. The first-order valence-corrected chi connectivity index (χ1v) is 11.3. The number of rotatable bonds is 6. The fourth-order valence-electron chi connectivity index (χ4n) is 3.37. The van der Waals surface area contributed by atoms with Crippen molar-refractivity contribution in [2.75, 3.05) is 23.7 Å². The number of hydrogen-bond acceptors (Lipinski definition) is 3. The zero-order chi connectivity index (χ0) is 24.3. The second kappa shape index (κ2) is 9.76. The lowest BCUT2D eigenvalue weighted by molar-refractivity contribution is -0.116. The monoisotopic (exact) mass is 441 g/mol. The van der Waals surface area contributed by atoms with Crippen molar-refractivity contribution >= 4 is 23.4 Å². The molecule has 0 unspecified atom stereocenters. The molecule has 0 fully saturated rings. The zero-order valence-corrected chi connectivity index (χ0v) is 21.1. The molecular weight excluding hydrogens is 402 g/mol. The van der Waals surface area contributed by atoms with Crippen LogP contribution in [0.4, 0.5) is 16.3 Å². The van der Waals surface area contributed by atoms with Crippen LogP contribution in [0.1, 0.15) is 71.7 Å². The summed E-state index contributed by atoms with van der Waals surface area (Å²) in [5.41, 5.74) is 3.34. The summed E-state index contributed by atoms with van der Waals surface area (Å²) in [7, 11) is 0. The van der Waals surface area contributed by atoms with Crippen LogP contribution < -0.4 is 10.6 Å². The van der Waals surface area contributed by atoms with Gasteiger partial charge in [0.25, 0.3) is 0 Å². The summed E-state index contributed by atoms with van der Waals surface area (Å²) in [5, 5.41) is 10.7. The highest BCUT2D eigenvalue weighted by Gasteiger charge is 2.26. The van der Waals surface area contributed by atoms with Gasteiger partial charge in [0.05, 0.1) is 11.2 Å². The minimum atomic E-state index is -0.296. The van der Waals surface area contributed by atoms with Gasteiger partial charge in [-0.1, -0.05) is 45.4 Å². The minimum absolute atomic E-state index is 0.0369. The van der Waals surface area contributed by atoms with Gasteiger partial charge < -0.3 is 15.5 Å². The van der Waals surface area contributed by atoms with E-state index in [1.165, 1.54) is 4.90 Å². The van der Waals surface area contributed by atoms with Crippen molar-refractivity contribution in [1.29, 1.82) is 0 Å². The second-order valence-electron chi connectivity index (χ2n) is 10.5. The minimum Gasteiger partial charge on any atom is -0.315 e. The predicted octanol–water partition coefficient (Wildman–Crippen LogP) is 5.44. The molecule has 176 valence electrons. The summed E-state index contributed by atoms with van der Waals surface area (Å²) < 4.78 is 1.84. The Morgan fingerprint density at radius 1 is 1.03 bits per heavy atom. The molecule has 0 atom stereocenters. The molecule has 1 aromatic heterocycles. The van der Waals surface area contributed by atoms with Crippen molar-refractivity contribution in [1.82, 2.24) is 14.7 Å². The van der Waals surface area contributed by atoms with Gasteiger partial charge in [-0.2, -0.15) is 5.10 Å². The van der Waals surface area contributed by atoms with Crippen molar-refractivity contribution in [3.63, 3.8) is 0 Å². The summed E-state index contributed by atoms with van der Waals surface area (Å²) in [6, 6.07) is 7.51. The molecule has 0 spiro atoms. The van der Waals surface area contributed by atoms with Crippen LogP contribution in [0.5, 0.6) is 0 Å². The van der Waals surface area contributed by atoms with E-state index < -0.39 is 0 Å². The van der Waals surface area contributed by atoms with Crippen molar-refractivity contribution < 1.29 is 9.59 Å². The molecule has 32 heavy (non-hydrogen) atoms. The number of anilines is 2. The molecule has 2 aromatic rings. The standard InChI is InChI=1S/C25H39N5O2/c1-10-13-29(23(32)26-19-12-11-17(2)14-18(19)3)16-22(31)27-21-15-20(24(4,5)6)28-30(21)25(7,8)9/h11-12,14-15H,10,13,16H2,1-9H3,(H,26,32)(H,27,31). The number of benzene rings is 1. The second-order valence-corrected chi connectivity index (χ2v) is 10.5. The molecule has 0 aliphatic heterocycles. The first-order chi connectivity index (χ1) is 14.7. The number of urea groups is 1. The number of carbonyl (C=O) groups excluding carboxylic acids is 2. The van der Waals surface area contributed by atoms with Crippen molar-refractivity contribution in [2.45, 2.75) is 79.7 Å². The summed E-state index contributed by atoms with van der Waals surface area (Å²) in [6.45, 7) is 18.8. The van der Waals surface area contributed by atoms with Crippen LogP contribution in [-0.2, 0) is 15.7 Å². The van der Waals surface area contributed by atoms with E-state index in [0.29, 0.717) is 12.4 Å². The molecule has 2 N–H and O–H groups in total. The normalized spacial score (nSPS) is 11.9. The number of aryl methyl sites for hydroxylation is 2. The van der Waals surface area contributed by atoms with E-state index in [9.17, 15) is 9.59 Å². The highest BCUT2D eigenvalue weighted by atomic mass is 16.2. The van der Waals surface area contributed by atoms with Gasteiger partial charge in [0.1, 0.15) is 12.4 Å². The van der Waals surface area contributed by atoms with Crippen LogP contribution in [0.15, 0.2) is 24.3 Å². The van der Waals surface area contributed by atoms with E-state index in [1.54, 1.807) is 0 Å². The third-order valence-electron chi connectivity index (χ3n) is 5.12. The van der Waals surface area contributed by atoms with Crippen LogP contribution in [0.3, 0.4) is 0 Å². The summed E-state index contributed by atoms with van der Waals surface area (Å²) in [5.74, 6) is 0.388. The molecule has 0 radical (unpaired) electrons. The van der Waals surface area contributed by atoms with Crippen LogP contribution in [-0.4, -0.2) is 39.7 Å². The maximum absolute atomic E-state index is 12.9.